The minimum Gasteiger partial charge on any atom is -0.491 e. The number of aryl methyl sites for hydroxylation is 1. The predicted molar refractivity (Wildman–Crippen MR) is 94.0 cm³/mol. The predicted octanol–water partition coefficient (Wildman–Crippen LogP) is 2.79. The summed E-state index contributed by atoms with van der Waals surface area (Å²) in [6.45, 7) is 5.29. The lowest BCUT2D eigenvalue weighted by atomic mass is 10.1. The molecule has 2 N–H and O–H groups in total. The molecule has 1 fully saturated rings. The Hall–Kier alpha value is -0.980. The molecule has 0 bridgehead atoms. The van der Waals surface area contributed by atoms with Gasteiger partial charge in [-0.1, -0.05) is 18.2 Å². The average molecular weight is 389 g/mol. The molecule has 0 unspecified atom stereocenters. The van der Waals surface area contributed by atoms with Gasteiger partial charge in [0.1, 0.15) is 12.4 Å². The highest BCUT2D eigenvalue weighted by atomic mass is 127. The minimum absolute atomic E-state index is 0. The Labute approximate surface area is 138 Å². The van der Waals surface area contributed by atoms with Crippen LogP contribution in [0.15, 0.2) is 29.3 Å². The largest absolute Gasteiger partial charge is 0.491 e. The van der Waals surface area contributed by atoms with Crippen LogP contribution >= 0.6 is 24.0 Å². The molecular weight excluding hydrogens is 365 g/mol. The van der Waals surface area contributed by atoms with Crippen molar-refractivity contribution in [1.82, 2.24) is 4.90 Å². The monoisotopic (exact) mass is 389 g/mol. The van der Waals surface area contributed by atoms with Crippen molar-refractivity contribution < 1.29 is 4.74 Å². The molecule has 5 heteroatoms. The van der Waals surface area contributed by atoms with E-state index in [1.54, 1.807) is 0 Å². The Balaban J connectivity index is 0.00000200. The highest BCUT2D eigenvalue weighted by Crippen LogP contribution is 2.15. The van der Waals surface area contributed by atoms with Crippen LogP contribution in [0.3, 0.4) is 0 Å². The van der Waals surface area contributed by atoms with E-state index in [0.717, 1.165) is 24.4 Å². The first-order valence-electron chi connectivity index (χ1n) is 7.00. The first-order valence-corrected chi connectivity index (χ1v) is 7.00. The van der Waals surface area contributed by atoms with Gasteiger partial charge in [0.2, 0.25) is 0 Å². The van der Waals surface area contributed by atoms with E-state index in [4.69, 9.17) is 10.5 Å². The molecule has 1 aliphatic rings. The molecule has 0 atom stereocenters. The maximum Gasteiger partial charge on any atom is 0.191 e. The van der Waals surface area contributed by atoms with Crippen LogP contribution < -0.4 is 10.5 Å². The van der Waals surface area contributed by atoms with Gasteiger partial charge in [-0.05, 0) is 37.8 Å². The van der Waals surface area contributed by atoms with Gasteiger partial charge in [-0.15, -0.1) is 24.0 Å². The third kappa shape index (κ3) is 5.19. The van der Waals surface area contributed by atoms with Crippen LogP contribution in [-0.2, 0) is 0 Å². The van der Waals surface area contributed by atoms with Crippen LogP contribution in [0.5, 0.6) is 5.75 Å². The third-order valence-electron chi connectivity index (χ3n) is 3.40. The van der Waals surface area contributed by atoms with E-state index in [1.807, 2.05) is 31.2 Å². The van der Waals surface area contributed by atoms with E-state index >= 15 is 0 Å². The zero-order valence-corrected chi connectivity index (χ0v) is 14.4. The second kappa shape index (κ2) is 9.05. The highest BCUT2D eigenvalue weighted by Gasteiger charge is 2.11. The SMILES string of the molecule is Cc1ccccc1OCCN=C(N)N1CCCCC1.I. The quantitative estimate of drug-likeness (QED) is 0.373. The van der Waals surface area contributed by atoms with Crippen LogP contribution in [0.2, 0.25) is 0 Å². The van der Waals surface area contributed by atoms with E-state index in [0.29, 0.717) is 19.1 Å². The van der Waals surface area contributed by atoms with Crippen molar-refractivity contribution in [3.8, 4) is 5.75 Å². The van der Waals surface area contributed by atoms with Gasteiger partial charge in [-0.2, -0.15) is 0 Å². The molecule has 20 heavy (non-hydrogen) atoms. The maximum absolute atomic E-state index is 5.98. The van der Waals surface area contributed by atoms with E-state index in [9.17, 15) is 0 Å². The first kappa shape index (κ1) is 17.1. The number of para-hydroxylation sites is 1. The number of hydrogen-bond donors (Lipinski definition) is 1. The first-order chi connectivity index (χ1) is 9.27. The Kier molecular flexibility index (Phi) is 7.72. The summed E-state index contributed by atoms with van der Waals surface area (Å²) in [5, 5.41) is 0. The molecule has 0 saturated carbocycles. The minimum atomic E-state index is 0. The second-order valence-electron chi connectivity index (χ2n) is 4.90. The molecular formula is C15H24IN3O. The zero-order valence-electron chi connectivity index (χ0n) is 12.0. The lowest BCUT2D eigenvalue weighted by molar-refractivity contribution is 0.319. The lowest BCUT2D eigenvalue weighted by Gasteiger charge is -2.27. The fraction of sp³-hybridized carbons (Fsp3) is 0.533. The van der Waals surface area contributed by atoms with E-state index < -0.39 is 0 Å². The van der Waals surface area contributed by atoms with Gasteiger partial charge in [0.25, 0.3) is 0 Å². The van der Waals surface area contributed by atoms with Crippen molar-refractivity contribution in [2.45, 2.75) is 26.2 Å². The normalized spacial score (nSPS) is 15.7. The number of hydrogen-bond acceptors (Lipinski definition) is 2. The summed E-state index contributed by atoms with van der Waals surface area (Å²) in [7, 11) is 0. The molecule has 1 heterocycles. The van der Waals surface area contributed by atoms with Gasteiger partial charge in [0.15, 0.2) is 5.96 Å². The number of halogens is 1. The van der Waals surface area contributed by atoms with Crippen LogP contribution in [0.25, 0.3) is 0 Å². The lowest BCUT2D eigenvalue weighted by Crippen LogP contribution is -2.41. The van der Waals surface area contributed by atoms with Crippen molar-refractivity contribution in [2.75, 3.05) is 26.2 Å². The summed E-state index contributed by atoms with van der Waals surface area (Å²) in [5.41, 5.74) is 7.13. The summed E-state index contributed by atoms with van der Waals surface area (Å²) < 4.78 is 5.69. The molecule has 0 aliphatic carbocycles. The van der Waals surface area contributed by atoms with Crippen LogP contribution in [0, 0.1) is 6.92 Å². The number of rotatable bonds is 4. The average Bonchev–Trinajstić information content (AvgIpc) is 2.46. The summed E-state index contributed by atoms with van der Waals surface area (Å²) in [6, 6.07) is 8.01. The highest BCUT2D eigenvalue weighted by molar-refractivity contribution is 14.0. The number of guanidine groups is 1. The van der Waals surface area contributed by atoms with Crippen molar-refractivity contribution in [3.05, 3.63) is 29.8 Å². The summed E-state index contributed by atoms with van der Waals surface area (Å²) in [6.07, 6.45) is 3.74. The molecule has 4 nitrogen and oxygen atoms in total. The third-order valence-corrected chi connectivity index (χ3v) is 3.40. The zero-order chi connectivity index (χ0) is 13.5. The number of nitrogens with zero attached hydrogens (tertiary/aromatic N) is 2. The van der Waals surface area contributed by atoms with Crippen molar-refractivity contribution in [1.29, 1.82) is 0 Å². The maximum atomic E-state index is 5.98. The molecule has 112 valence electrons. The molecule has 1 saturated heterocycles. The smallest absolute Gasteiger partial charge is 0.191 e. The van der Waals surface area contributed by atoms with Gasteiger partial charge in [0, 0.05) is 13.1 Å². The molecule has 0 amide bonds. The number of likely N-dealkylation sites (tertiary alicyclic amines) is 1. The molecule has 1 aliphatic heterocycles. The van der Waals surface area contributed by atoms with Crippen molar-refractivity contribution >= 4 is 29.9 Å². The summed E-state index contributed by atoms with van der Waals surface area (Å²) in [5.74, 6) is 1.59. The molecule has 0 radical (unpaired) electrons. The Bertz CT molecular complexity index is 431. The molecule has 1 aromatic carbocycles. The van der Waals surface area contributed by atoms with E-state index in [1.165, 1.54) is 19.3 Å². The fourth-order valence-electron chi connectivity index (χ4n) is 2.26. The van der Waals surface area contributed by atoms with Gasteiger partial charge in [-0.3, -0.25) is 0 Å². The molecule has 2 rings (SSSR count). The number of benzene rings is 1. The van der Waals surface area contributed by atoms with E-state index in [-0.39, 0.29) is 24.0 Å². The number of aliphatic imine (C=N–C) groups is 1. The van der Waals surface area contributed by atoms with Gasteiger partial charge in [-0.25, -0.2) is 4.99 Å². The molecule has 0 aromatic heterocycles. The standard InChI is InChI=1S/C15H23N3O.HI/c1-13-7-3-4-8-14(13)19-12-9-17-15(16)18-10-5-2-6-11-18;/h3-4,7-8H,2,5-6,9-12H2,1H3,(H2,16,17);1H. The van der Waals surface area contributed by atoms with Gasteiger partial charge in [0.05, 0.1) is 6.54 Å². The van der Waals surface area contributed by atoms with Crippen LogP contribution in [0.4, 0.5) is 0 Å². The Morgan fingerprint density at radius 1 is 1.25 bits per heavy atom. The fourth-order valence-corrected chi connectivity index (χ4v) is 2.26. The summed E-state index contributed by atoms with van der Waals surface area (Å²) in [4.78, 5) is 6.55. The molecule has 1 aromatic rings. The van der Waals surface area contributed by atoms with Crippen LogP contribution in [-0.4, -0.2) is 37.1 Å². The Morgan fingerprint density at radius 2 is 1.95 bits per heavy atom. The second-order valence-corrected chi connectivity index (χ2v) is 4.90. The number of nitrogens with two attached hydrogens (primary N) is 1. The number of ether oxygens (including phenoxy) is 1. The topological polar surface area (TPSA) is 50.9 Å². The van der Waals surface area contributed by atoms with Gasteiger partial charge < -0.3 is 15.4 Å². The van der Waals surface area contributed by atoms with E-state index in [2.05, 4.69) is 9.89 Å². The van der Waals surface area contributed by atoms with Crippen molar-refractivity contribution in [3.63, 3.8) is 0 Å². The van der Waals surface area contributed by atoms with Crippen molar-refractivity contribution in [2.24, 2.45) is 10.7 Å². The van der Waals surface area contributed by atoms with Crippen LogP contribution in [0.1, 0.15) is 24.8 Å². The van der Waals surface area contributed by atoms with Gasteiger partial charge >= 0.3 is 0 Å². The number of piperidine rings is 1. The Morgan fingerprint density at radius 3 is 2.65 bits per heavy atom. The summed E-state index contributed by atoms with van der Waals surface area (Å²) >= 11 is 0. The molecule has 0 spiro atoms.